The van der Waals surface area contributed by atoms with E-state index in [1.54, 1.807) is 6.07 Å². The molecule has 1 N–H and O–H groups in total. The molecule has 84 valence electrons. The molecule has 4 heteroatoms. The van der Waals surface area contributed by atoms with Crippen LogP contribution in [0.5, 0.6) is 0 Å². The lowest BCUT2D eigenvalue weighted by Crippen LogP contribution is -2.00. The van der Waals surface area contributed by atoms with Crippen LogP contribution in [0.25, 0.3) is 0 Å². The van der Waals surface area contributed by atoms with Gasteiger partial charge < -0.3 is 9.88 Å². The molecule has 2 nitrogen and oxygen atoms in total. The Morgan fingerprint density at radius 2 is 2.19 bits per heavy atom. The lowest BCUT2D eigenvalue weighted by molar-refractivity contribution is 0.630. The Morgan fingerprint density at radius 1 is 1.38 bits per heavy atom. The van der Waals surface area contributed by atoms with Crippen LogP contribution >= 0.6 is 11.6 Å². The van der Waals surface area contributed by atoms with Gasteiger partial charge in [0, 0.05) is 31.0 Å². The van der Waals surface area contributed by atoms with E-state index in [2.05, 4.69) is 5.32 Å². The molecule has 0 atom stereocenters. The molecule has 0 amide bonds. The maximum Gasteiger partial charge on any atom is 0.146 e. The van der Waals surface area contributed by atoms with Gasteiger partial charge in [-0.1, -0.05) is 11.6 Å². The minimum atomic E-state index is -0.291. The van der Waals surface area contributed by atoms with E-state index in [-0.39, 0.29) is 5.82 Å². The molecule has 0 saturated carbocycles. The maximum atomic E-state index is 13.4. The molecule has 2 rings (SSSR count). The standard InChI is InChI=1S/C12H12ClFN2/c1-16-5-4-9(8-16)7-15-12-6-10(13)2-3-11(12)14/h2-6,8,15H,7H2,1H3. The molecule has 1 aromatic carbocycles. The van der Waals surface area contributed by atoms with E-state index in [0.717, 1.165) is 5.56 Å². The second-order valence-corrected chi connectivity index (χ2v) is 4.10. The fraction of sp³-hybridized carbons (Fsp3) is 0.167. The summed E-state index contributed by atoms with van der Waals surface area (Å²) >= 11 is 5.79. The predicted molar refractivity (Wildman–Crippen MR) is 64.1 cm³/mol. The molecule has 0 unspecified atom stereocenters. The lowest BCUT2D eigenvalue weighted by atomic mass is 10.3. The van der Waals surface area contributed by atoms with Crippen LogP contribution in [0.4, 0.5) is 10.1 Å². The third-order valence-electron chi connectivity index (χ3n) is 2.30. The van der Waals surface area contributed by atoms with Crippen LogP contribution in [0.15, 0.2) is 36.7 Å². The monoisotopic (exact) mass is 238 g/mol. The number of benzene rings is 1. The number of rotatable bonds is 3. The molecule has 1 heterocycles. The first-order chi connectivity index (χ1) is 7.65. The van der Waals surface area contributed by atoms with Crippen molar-refractivity contribution in [2.75, 3.05) is 5.32 Å². The molecule has 0 aliphatic heterocycles. The summed E-state index contributed by atoms with van der Waals surface area (Å²) in [4.78, 5) is 0. The smallest absolute Gasteiger partial charge is 0.146 e. The number of aryl methyl sites for hydroxylation is 1. The molecule has 0 spiro atoms. The highest BCUT2D eigenvalue weighted by Gasteiger charge is 2.02. The Hall–Kier alpha value is -1.48. The number of halogens is 2. The van der Waals surface area contributed by atoms with E-state index in [4.69, 9.17) is 11.6 Å². The molecule has 16 heavy (non-hydrogen) atoms. The largest absolute Gasteiger partial charge is 0.379 e. The summed E-state index contributed by atoms with van der Waals surface area (Å²) < 4.78 is 15.3. The highest BCUT2D eigenvalue weighted by atomic mass is 35.5. The van der Waals surface area contributed by atoms with Gasteiger partial charge in [0.05, 0.1) is 5.69 Å². The van der Waals surface area contributed by atoms with Gasteiger partial charge in [-0.2, -0.15) is 0 Å². The molecular weight excluding hydrogens is 227 g/mol. The van der Waals surface area contributed by atoms with Gasteiger partial charge in [0.1, 0.15) is 5.82 Å². The van der Waals surface area contributed by atoms with E-state index >= 15 is 0 Å². The first kappa shape index (κ1) is 11.0. The fourth-order valence-corrected chi connectivity index (χ4v) is 1.67. The fourth-order valence-electron chi connectivity index (χ4n) is 1.50. The first-order valence-electron chi connectivity index (χ1n) is 4.95. The maximum absolute atomic E-state index is 13.4. The summed E-state index contributed by atoms with van der Waals surface area (Å²) in [5.41, 5.74) is 1.53. The molecule has 0 radical (unpaired) electrons. The molecule has 0 fully saturated rings. The Kier molecular flexibility index (Phi) is 3.15. The molecule has 0 saturated heterocycles. The van der Waals surface area contributed by atoms with Crippen molar-refractivity contribution >= 4 is 17.3 Å². The van der Waals surface area contributed by atoms with Crippen molar-refractivity contribution in [3.63, 3.8) is 0 Å². The average molecular weight is 239 g/mol. The second-order valence-electron chi connectivity index (χ2n) is 3.66. The average Bonchev–Trinajstić information content (AvgIpc) is 2.66. The van der Waals surface area contributed by atoms with Gasteiger partial charge in [-0.15, -0.1) is 0 Å². The van der Waals surface area contributed by atoms with Crippen molar-refractivity contribution in [2.45, 2.75) is 6.54 Å². The lowest BCUT2D eigenvalue weighted by Gasteiger charge is -2.06. The Bertz CT molecular complexity index is 494. The van der Waals surface area contributed by atoms with Crippen molar-refractivity contribution in [3.05, 3.63) is 53.1 Å². The highest BCUT2D eigenvalue weighted by molar-refractivity contribution is 6.30. The van der Waals surface area contributed by atoms with Crippen molar-refractivity contribution in [2.24, 2.45) is 7.05 Å². The molecule has 2 aromatic rings. The minimum Gasteiger partial charge on any atom is -0.379 e. The molecular formula is C12H12ClFN2. The summed E-state index contributed by atoms with van der Waals surface area (Å²) in [5.74, 6) is -0.291. The zero-order valence-corrected chi connectivity index (χ0v) is 9.63. The van der Waals surface area contributed by atoms with Gasteiger partial charge in [0.15, 0.2) is 0 Å². The minimum absolute atomic E-state index is 0.291. The van der Waals surface area contributed by atoms with Crippen LogP contribution < -0.4 is 5.32 Å². The van der Waals surface area contributed by atoms with Crippen molar-refractivity contribution in [1.29, 1.82) is 0 Å². The van der Waals surface area contributed by atoms with Gasteiger partial charge in [0.2, 0.25) is 0 Å². The summed E-state index contributed by atoms with van der Waals surface area (Å²) in [6.07, 6.45) is 3.93. The van der Waals surface area contributed by atoms with Crippen LogP contribution in [-0.4, -0.2) is 4.57 Å². The van der Waals surface area contributed by atoms with E-state index in [1.165, 1.54) is 12.1 Å². The van der Waals surface area contributed by atoms with Gasteiger partial charge in [-0.25, -0.2) is 4.39 Å². The number of anilines is 1. The molecule has 1 aromatic heterocycles. The zero-order valence-electron chi connectivity index (χ0n) is 8.87. The van der Waals surface area contributed by atoms with E-state index < -0.39 is 0 Å². The van der Waals surface area contributed by atoms with Crippen molar-refractivity contribution in [1.82, 2.24) is 4.57 Å². The first-order valence-corrected chi connectivity index (χ1v) is 5.33. The molecule has 0 aliphatic rings. The van der Waals surface area contributed by atoms with Gasteiger partial charge in [-0.3, -0.25) is 0 Å². The van der Waals surface area contributed by atoms with Gasteiger partial charge in [0.25, 0.3) is 0 Å². The van der Waals surface area contributed by atoms with Crippen LogP contribution in [-0.2, 0) is 13.6 Å². The molecule has 0 bridgehead atoms. The van der Waals surface area contributed by atoms with Gasteiger partial charge in [-0.05, 0) is 29.8 Å². The third kappa shape index (κ3) is 2.55. The second kappa shape index (κ2) is 4.58. The van der Waals surface area contributed by atoms with Crippen molar-refractivity contribution in [3.8, 4) is 0 Å². The Morgan fingerprint density at radius 3 is 2.88 bits per heavy atom. The summed E-state index contributed by atoms with van der Waals surface area (Å²) in [7, 11) is 1.95. The van der Waals surface area contributed by atoms with Crippen LogP contribution in [0.1, 0.15) is 5.56 Å². The number of hydrogen-bond donors (Lipinski definition) is 1. The van der Waals surface area contributed by atoms with Crippen molar-refractivity contribution < 1.29 is 4.39 Å². The Labute approximate surface area is 98.7 Å². The van der Waals surface area contributed by atoms with Crippen LogP contribution in [0.2, 0.25) is 5.02 Å². The third-order valence-corrected chi connectivity index (χ3v) is 2.54. The SMILES string of the molecule is Cn1ccc(CNc2cc(Cl)ccc2F)c1. The number of aromatic nitrogens is 1. The zero-order chi connectivity index (χ0) is 11.5. The van der Waals surface area contributed by atoms with E-state index in [0.29, 0.717) is 17.3 Å². The van der Waals surface area contributed by atoms with Gasteiger partial charge >= 0.3 is 0 Å². The van der Waals surface area contributed by atoms with E-state index in [1.807, 2.05) is 30.1 Å². The Balaban J connectivity index is 2.07. The normalized spacial score (nSPS) is 10.4. The molecule has 0 aliphatic carbocycles. The number of hydrogen-bond acceptors (Lipinski definition) is 1. The summed E-state index contributed by atoms with van der Waals surface area (Å²) in [5, 5.41) is 3.54. The van der Waals surface area contributed by atoms with E-state index in [9.17, 15) is 4.39 Å². The number of nitrogens with zero attached hydrogens (tertiary/aromatic N) is 1. The quantitative estimate of drug-likeness (QED) is 0.867. The van der Waals surface area contributed by atoms with Crippen LogP contribution in [0.3, 0.4) is 0 Å². The highest BCUT2D eigenvalue weighted by Crippen LogP contribution is 2.20. The number of nitrogens with one attached hydrogen (secondary N) is 1. The van der Waals surface area contributed by atoms with Crippen LogP contribution in [0, 0.1) is 5.82 Å². The predicted octanol–water partition coefficient (Wildman–Crippen LogP) is 3.43. The summed E-state index contributed by atoms with van der Waals surface area (Å²) in [6.45, 7) is 0.581. The summed E-state index contributed by atoms with van der Waals surface area (Å²) in [6, 6.07) is 6.45. The topological polar surface area (TPSA) is 17.0 Å².